The summed E-state index contributed by atoms with van der Waals surface area (Å²) in [6.07, 6.45) is 0.624. The Hall–Kier alpha value is -2.53. The number of hydrogen-bond acceptors (Lipinski definition) is 3. The van der Waals surface area contributed by atoms with Gasteiger partial charge in [0.15, 0.2) is 0 Å². The molecule has 1 aromatic heterocycles. The lowest BCUT2D eigenvalue weighted by molar-refractivity contribution is 0.0950. The molecule has 3 aromatic rings. The van der Waals surface area contributed by atoms with Crippen LogP contribution >= 0.6 is 11.3 Å². The van der Waals surface area contributed by atoms with Crippen molar-refractivity contribution < 1.29 is 9.18 Å². The molecule has 0 aliphatic heterocycles. The Balaban J connectivity index is 1.62. The van der Waals surface area contributed by atoms with Gasteiger partial charge in [0.1, 0.15) is 5.82 Å². The van der Waals surface area contributed by atoms with E-state index in [9.17, 15) is 9.18 Å². The van der Waals surface area contributed by atoms with Gasteiger partial charge in [-0.25, -0.2) is 9.37 Å². The lowest BCUT2D eigenvalue weighted by Crippen LogP contribution is -2.26. The largest absolute Gasteiger partial charge is 0.352 e. The minimum absolute atomic E-state index is 0.0674. The summed E-state index contributed by atoms with van der Waals surface area (Å²) in [5.74, 6) is -0.906. The number of benzene rings is 2. The van der Waals surface area contributed by atoms with Crippen LogP contribution in [0.25, 0.3) is 11.3 Å². The molecule has 0 saturated heterocycles. The Kier molecular flexibility index (Phi) is 5.01. The zero-order valence-corrected chi connectivity index (χ0v) is 14.1. The highest BCUT2D eigenvalue weighted by molar-refractivity contribution is 7.12. The van der Waals surface area contributed by atoms with Gasteiger partial charge in [0.05, 0.1) is 16.3 Å². The van der Waals surface area contributed by atoms with Crippen molar-refractivity contribution in [3.05, 3.63) is 75.9 Å². The fourth-order valence-corrected chi connectivity index (χ4v) is 3.40. The molecule has 0 radical (unpaired) electrons. The van der Waals surface area contributed by atoms with E-state index in [2.05, 4.69) is 10.3 Å². The molecule has 0 aliphatic carbocycles. The fourth-order valence-electron chi connectivity index (χ4n) is 2.45. The molecular formula is C19H17FN2OS. The predicted molar refractivity (Wildman–Crippen MR) is 94.7 cm³/mol. The highest BCUT2D eigenvalue weighted by Gasteiger charge is 2.12. The minimum atomic E-state index is -0.508. The Morgan fingerprint density at radius 3 is 2.58 bits per heavy atom. The van der Waals surface area contributed by atoms with E-state index >= 15 is 0 Å². The lowest BCUT2D eigenvalue weighted by Gasteiger charge is -2.04. The number of rotatable bonds is 5. The van der Waals surface area contributed by atoms with Gasteiger partial charge in [0.25, 0.3) is 5.91 Å². The molecule has 0 bridgehead atoms. The summed E-state index contributed by atoms with van der Waals surface area (Å²) in [5, 5.41) is 3.70. The van der Waals surface area contributed by atoms with Gasteiger partial charge in [-0.05, 0) is 19.1 Å². The molecule has 122 valence electrons. The Bertz CT molecular complexity index is 846. The molecule has 1 amide bonds. The van der Waals surface area contributed by atoms with Gasteiger partial charge in [0.2, 0.25) is 0 Å². The Labute approximate surface area is 144 Å². The molecule has 1 heterocycles. The molecular weight excluding hydrogens is 323 g/mol. The summed E-state index contributed by atoms with van der Waals surface area (Å²) in [5.41, 5.74) is 2.14. The third kappa shape index (κ3) is 3.68. The van der Waals surface area contributed by atoms with Crippen molar-refractivity contribution in [3.63, 3.8) is 0 Å². The summed E-state index contributed by atoms with van der Waals surface area (Å²) in [6.45, 7) is 2.47. The van der Waals surface area contributed by atoms with E-state index < -0.39 is 11.7 Å². The number of carbonyl (C=O) groups excluding carboxylic acids is 1. The van der Waals surface area contributed by atoms with Crippen LogP contribution in [0.3, 0.4) is 0 Å². The number of thiazole rings is 1. The molecule has 5 heteroatoms. The topological polar surface area (TPSA) is 42.0 Å². The van der Waals surface area contributed by atoms with E-state index in [1.807, 2.05) is 37.3 Å². The number of amides is 1. The monoisotopic (exact) mass is 340 g/mol. The van der Waals surface area contributed by atoms with Crippen LogP contribution in [0.4, 0.5) is 4.39 Å². The van der Waals surface area contributed by atoms with Gasteiger partial charge in [-0.15, -0.1) is 11.3 Å². The zero-order chi connectivity index (χ0) is 16.9. The molecule has 24 heavy (non-hydrogen) atoms. The zero-order valence-electron chi connectivity index (χ0n) is 13.3. The average Bonchev–Trinajstić information content (AvgIpc) is 2.96. The van der Waals surface area contributed by atoms with Gasteiger partial charge in [0, 0.05) is 23.4 Å². The number of nitrogens with one attached hydrogen (secondary N) is 1. The third-order valence-electron chi connectivity index (χ3n) is 3.63. The number of hydrogen-bond donors (Lipinski definition) is 1. The highest BCUT2D eigenvalue weighted by atomic mass is 32.1. The highest BCUT2D eigenvalue weighted by Crippen LogP contribution is 2.27. The standard InChI is InChI=1S/C19H17FN2OS/c1-13-18(14-7-3-2-4-8-14)22-17(24-13)11-12-21-19(23)15-9-5-6-10-16(15)20/h2-10H,11-12H2,1H3,(H,21,23). The number of aromatic nitrogens is 1. The maximum absolute atomic E-state index is 13.6. The molecule has 3 nitrogen and oxygen atoms in total. The first-order valence-corrected chi connectivity index (χ1v) is 8.51. The summed E-state index contributed by atoms with van der Waals surface area (Å²) in [4.78, 5) is 17.8. The SMILES string of the molecule is Cc1sc(CCNC(=O)c2ccccc2F)nc1-c1ccccc1. The summed E-state index contributed by atoms with van der Waals surface area (Å²) in [7, 11) is 0. The molecule has 2 aromatic carbocycles. The first kappa shape index (κ1) is 16.3. The van der Waals surface area contributed by atoms with Crippen molar-refractivity contribution in [2.75, 3.05) is 6.54 Å². The normalized spacial score (nSPS) is 10.6. The van der Waals surface area contributed by atoms with Gasteiger partial charge >= 0.3 is 0 Å². The molecule has 0 fully saturated rings. The van der Waals surface area contributed by atoms with Crippen molar-refractivity contribution in [1.82, 2.24) is 10.3 Å². The summed E-state index contributed by atoms with van der Waals surface area (Å²) >= 11 is 1.62. The molecule has 0 unspecified atom stereocenters. The van der Waals surface area contributed by atoms with Gasteiger partial charge in [-0.2, -0.15) is 0 Å². The van der Waals surface area contributed by atoms with Crippen molar-refractivity contribution in [2.24, 2.45) is 0 Å². The smallest absolute Gasteiger partial charge is 0.254 e. The van der Waals surface area contributed by atoms with Crippen LogP contribution in [0.2, 0.25) is 0 Å². The molecule has 0 saturated carbocycles. The van der Waals surface area contributed by atoms with E-state index in [0.717, 1.165) is 21.1 Å². The Morgan fingerprint density at radius 2 is 1.83 bits per heavy atom. The van der Waals surface area contributed by atoms with Crippen LogP contribution < -0.4 is 5.32 Å². The van der Waals surface area contributed by atoms with Crippen LogP contribution in [0.15, 0.2) is 54.6 Å². The van der Waals surface area contributed by atoms with Crippen LogP contribution in [0.5, 0.6) is 0 Å². The van der Waals surface area contributed by atoms with E-state index in [1.54, 1.807) is 23.5 Å². The molecule has 3 rings (SSSR count). The van der Waals surface area contributed by atoms with Gasteiger partial charge in [-0.1, -0.05) is 42.5 Å². The maximum Gasteiger partial charge on any atom is 0.254 e. The summed E-state index contributed by atoms with van der Waals surface area (Å²) < 4.78 is 13.6. The van der Waals surface area contributed by atoms with Crippen LogP contribution in [-0.2, 0) is 6.42 Å². The van der Waals surface area contributed by atoms with Gasteiger partial charge in [-0.3, -0.25) is 4.79 Å². The molecule has 0 atom stereocenters. The van der Waals surface area contributed by atoms with E-state index in [-0.39, 0.29) is 5.56 Å². The van der Waals surface area contributed by atoms with Crippen molar-refractivity contribution >= 4 is 17.2 Å². The number of nitrogens with zero attached hydrogens (tertiary/aromatic N) is 1. The molecule has 0 spiro atoms. The van der Waals surface area contributed by atoms with Crippen LogP contribution in [0, 0.1) is 12.7 Å². The van der Waals surface area contributed by atoms with Crippen LogP contribution in [0.1, 0.15) is 20.2 Å². The number of aryl methyl sites for hydroxylation is 1. The summed E-state index contributed by atoms with van der Waals surface area (Å²) in [6, 6.07) is 16.0. The van der Waals surface area contributed by atoms with E-state index in [4.69, 9.17) is 0 Å². The Morgan fingerprint density at radius 1 is 1.12 bits per heavy atom. The van der Waals surface area contributed by atoms with Crippen molar-refractivity contribution in [2.45, 2.75) is 13.3 Å². The van der Waals surface area contributed by atoms with Gasteiger partial charge < -0.3 is 5.32 Å². The fraction of sp³-hybridized carbons (Fsp3) is 0.158. The number of carbonyl (C=O) groups is 1. The van der Waals surface area contributed by atoms with E-state index in [0.29, 0.717) is 13.0 Å². The second kappa shape index (κ2) is 7.36. The molecule has 0 aliphatic rings. The van der Waals surface area contributed by atoms with E-state index in [1.165, 1.54) is 12.1 Å². The molecule has 1 N–H and O–H groups in total. The second-order valence-corrected chi connectivity index (χ2v) is 6.65. The van der Waals surface area contributed by atoms with Crippen molar-refractivity contribution in [1.29, 1.82) is 0 Å². The van der Waals surface area contributed by atoms with Crippen LogP contribution in [-0.4, -0.2) is 17.4 Å². The number of halogens is 1. The quantitative estimate of drug-likeness (QED) is 0.755. The first-order valence-electron chi connectivity index (χ1n) is 7.69. The lowest BCUT2D eigenvalue weighted by atomic mass is 10.1. The minimum Gasteiger partial charge on any atom is -0.352 e. The predicted octanol–water partition coefficient (Wildman–Crippen LogP) is 4.23. The average molecular weight is 340 g/mol. The third-order valence-corrected chi connectivity index (χ3v) is 4.66. The van der Waals surface area contributed by atoms with Crippen molar-refractivity contribution in [3.8, 4) is 11.3 Å². The first-order chi connectivity index (χ1) is 11.6. The maximum atomic E-state index is 13.6. The second-order valence-electron chi connectivity index (χ2n) is 5.36.